The van der Waals surface area contributed by atoms with Crippen LogP contribution < -0.4 is 0 Å². The fraction of sp³-hybridized carbons (Fsp3) is 1.00. The molecule has 0 heterocycles. The van der Waals surface area contributed by atoms with Gasteiger partial charge in [-0.15, -0.1) is 11.6 Å². The number of rotatable bonds is 10. The number of hydrogen-bond donors (Lipinski definition) is 0. The Hall–Kier alpha value is 1.30. The molecule has 0 aromatic heterocycles. The summed E-state index contributed by atoms with van der Waals surface area (Å²) in [6.45, 7) is 15.6. The van der Waals surface area contributed by atoms with Crippen molar-refractivity contribution in [2.24, 2.45) is 0 Å². The second kappa shape index (κ2) is 13.6. The molecule has 0 aromatic carbocycles. The van der Waals surface area contributed by atoms with E-state index < -0.39 is 14.8 Å². The van der Waals surface area contributed by atoms with Crippen molar-refractivity contribution in [1.29, 1.82) is 0 Å². The van der Waals surface area contributed by atoms with Gasteiger partial charge >= 0.3 is 0 Å². The second-order valence-corrected chi connectivity index (χ2v) is 22.0. The Kier molecular flexibility index (Phi) is 15.8. The molecule has 0 saturated carbocycles. The molecule has 0 unspecified atom stereocenters. The average Bonchev–Trinajstić information content (AvgIpc) is 2.41. The van der Waals surface area contributed by atoms with Gasteiger partial charge in [0, 0.05) is 5.50 Å². The Morgan fingerprint density at radius 2 is 1.14 bits per heavy atom. The molecule has 0 aliphatic carbocycles. The van der Waals surface area contributed by atoms with Gasteiger partial charge in [0.2, 0.25) is 0 Å². The SMILES string of the molecule is CCCCCCCC[Si](Cl)(C(C)C)C(C)C.C[Si](C)(Cl)CCl. The zero-order chi connectivity index (χ0) is 17.8. The third-order valence-corrected chi connectivity index (χ3v) is 15.7. The minimum absolute atomic E-state index is 0.647. The molecule has 136 valence electrons. The number of alkyl halides is 1. The largest absolute Gasteiger partial charge is 0.166 e. The Morgan fingerprint density at radius 3 is 1.45 bits per heavy atom. The van der Waals surface area contributed by atoms with E-state index in [1.165, 1.54) is 44.6 Å². The predicted molar refractivity (Wildman–Crippen MR) is 114 cm³/mol. The fourth-order valence-corrected chi connectivity index (χ4v) is 6.10. The maximum absolute atomic E-state index is 6.89. The first kappa shape index (κ1) is 25.5. The van der Waals surface area contributed by atoms with Crippen LogP contribution in [-0.4, -0.2) is 20.3 Å². The summed E-state index contributed by atoms with van der Waals surface area (Å²) in [7, 11) is -2.89. The van der Waals surface area contributed by atoms with Gasteiger partial charge < -0.3 is 0 Å². The molecule has 0 saturated heterocycles. The summed E-state index contributed by atoms with van der Waals surface area (Å²) in [5.74, 6) is 0. The van der Waals surface area contributed by atoms with Crippen LogP contribution in [0, 0.1) is 0 Å². The number of halogens is 3. The maximum Gasteiger partial charge on any atom is 0.164 e. The van der Waals surface area contributed by atoms with Crippen molar-refractivity contribution in [3.63, 3.8) is 0 Å². The zero-order valence-electron chi connectivity index (χ0n) is 15.9. The molecule has 0 amide bonds. The van der Waals surface area contributed by atoms with Gasteiger partial charge in [0.05, 0.1) is 0 Å². The van der Waals surface area contributed by atoms with Gasteiger partial charge in [-0.1, -0.05) is 86.2 Å². The third kappa shape index (κ3) is 13.7. The monoisotopic (exact) mass is 404 g/mol. The smallest absolute Gasteiger partial charge is 0.164 e. The highest BCUT2D eigenvalue weighted by atomic mass is 35.6. The van der Waals surface area contributed by atoms with Crippen molar-refractivity contribution in [1.82, 2.24) is 0 Å². The van der Waals surface area contributed by atoms with Crippen LogP contribution in [0.3, 0.4) is 0 Å². The lowest BCUT2D eigenvalue weighted by Gasteiger charge is -2.32. The van der Waals surface area contributed by atoms with E-state index in [9.17, 15) is 0 Å². The molecule has 22 heavy (non-hydrogen) atoms. The molecule has 0 aliphatic heterocycles. The fourth-order valence-electron chi connectivity index (χ4n) is 2.42. The van der Waals surface area contributed by atoms with Crippen molar-refractivity contribution in [2.45, 2.75) is 103 Å². The normalized spacial score (nSPS) is 12.5. The van der Waals surface area contributed by atoms with Gasteiger partial charge in [-0.05, 0) is 17.1 Å². The van der Waals surface area contributed by atoms with Crippen molar-refractivity contribution in [3.8, 4) is 0 Å². The molecule has 0 aromatic rings. The van der Waals surface area contributed by atoms with Crippen LogP contribution in [0.5, 0.6) is 0 Å². The lowest BCUT2D eigenvalue weighted by atomic mass is 10.1. The van der Waals surface area contributed by atoms with Crippen LogP contribution in [0.4, 0.5) is 0 Å². The molecule has 0 rings (SSSR count). The van der Waals surface area contributed by atoms with Crippen molar-refractivity contribution < 1.29 is 0 Å². The van der Waals surface area contributed by atoms with Gasteiger partial charge in [0.25, 0.3) is 0 Å². The molecule has 0 N–H and O–H groups in total. The second-order valence-electron chi connectivity index (χ2n) is 7.61. The lowest BCUT2D eigenvalue weighted by molar-refractivity contribution is 0.620. The maximum atomic E-state index is 6.89. The van der Waals surface area contributed by atoms with Crippen LogP contribution in [0.15, 0.2) is 0 Å². The van der Waals surface area contributed by atoms with Gasteiger partial charge in [-0.3, -0.25) is 0 Å². The molecule has 0 spiro atoms. The van der Waals surface area contributed by atoms with Gasteiger partial charge in [0.1, 0.15) is 0 Å². The van der Waals surface area contributed by atoms with Crippen molar-refractivity contribution >= 4 is 48.5 Å². The molecule has 0 fully saturated rings. The number of hydrogen-bond acceptors (Lipinski definition) is 0. The van der Waals surface area contributed by atoms with Crippen LogP contribution in [0.2, 0.25) is 30.2 Å². The summed E-state index contributed by atoms with van der Waals surface area (Å²) in [5.41, 5.74) is 2.07. The van der Waals surface area contributed by atoms with E-state index in [1.54, 1.807) is 0 Å². The Bertz CT molecular complexity index is 243. The van der Waals surface area contributed by atoms with E-state index in [0.29, 0.717) is 16.6 Å². The summed E-state index contributed by atoms with van der Waals surface area (Å²) in [4.78, 5) is 0. The van der Waals surface area contributed by atoms with Gasteiger partial charge in [0.15, 0.2) is 14.8 Å². The first-order valence-electron chi connectivity index (χ1n) is 8.95. The quantitative estimate of drug-likeness (QED) is 0.148. The molecule has 0 bridgehead atoms. The molecule has 5 heteroatoms. The first-order valence-corrected chi connectivity index (χ1v) is 17.1. The van der Waals surface area contributed by atoms with E-state index in [-0.39, 0.29) is 0 Å². The summed E-state index contributed by atoms with van der Waals surface area (Å²) >= 11 is 18.0. The summed E-state index contributed by atoms with van der Waals surface area (Å²) in [6.07, 6.45) is 8.31. The van der Waals surface area contributed by atoms with E-state index in [4.69, 9.17) is 33.8 Å². The van der Waals surface area contributed by atoms with E-state index >= 15 is 0 Å². The highest BCUT2D eigenvalue weighted by Crippen LogP contribution is 2.40. The minimum atomic E-state index is -1.50. The van der Waals surface area contributed by atoms with Gasteiger partial charge in [-0.25, -0.2) is 0 Å². The average molecular weight is 406 g/mol. The Balaban J connectivity index is 0. The molecule has 0 atom stereocenters. The van der Waals surface area contributed by atoms with Gasteiger partial charge in [-0.2, -0.15) is 22.2 Å². The molecular formula is C17H39Cl3Si2. The van der Waals surface area contributed by atoms with E-state index in [0.717, 1.165) is 0 Å². The zero-order valence-corrected chi connectivity index (χ0v) is 20.2. The van der Waals surface area contributed by atoms with E-state index in [2.05, 4.69) is 34.6 Å². The number of unbranched alkanes of at least 4 members (excludes halogenated alkanes) is 5. The summed E-state index contributed by atoms with van der Waals surface area (Å²) in [6, 6.07) is 1.32. The topological polar surface area (TPSA) is 0 Å². The predicted octanol–water partition coefficient (Wildman–Crippen LogP) is 8.56. The highest BCUT2D eigenvalue weighted by Gasteiger charge is 2.37. The molecule has 0 radical (unpaired) electrons. The molecule has 0 aliphatic rings. The minimum Gasteiger partial charge on any atom is -0.166 e. The lowest BCUT2D eigenvalue weighted by Crippen LogP contribution is -2.34. The van der Waals surface area contributed by atoms with Crippen LogP contribution >= 0.6 is 33.8 Å². The van der Waals surface area contributed by atoms with Crippen molar-refractivity contribution in [2.75, 3.05) is 5.50 Å². The Morgan fingerprint density at radius 1 is 0.773 bits per heavy atom. The molecular weight excluding hydrogens is 367 g/mol. The van der Waals surface area contributed by atoms with Crippen LogP contribution in [-0.2, 0) is 0 Å². The summed E-state index contributed by atoms with van der Waals surface area (Å²) in [5, 5.41) is 0. The van der Waals surface area contributed by atoms with Crippen LogP contribution in [0.1, 0.15) is 73.1 Å². The third-order valence-electron chi connectivity index (χ3n) is 4.15. The van der Waals surface area contributed by atoms with Crippen molar-refractivity contribution in [3.05, 3.63) is 0 Å². The molecule has 0 nitrogen and oxygen atoms in total. The first-order chi connectivity index (χ1) is 10.0. The standard InChI is InChI=1S/C14H31ClSi.C3H8Cl2Si/c1-6-7-8-9-10-11-12-16(15,13(2)3)14(4)5;1-6(2,5)3-4/h13-14H,6-12H2,1-5H3;3H2,1-2H3. The van der Waals surface area contributed by atoms with Crippen LogP contribution in [0.25, 0.3) is 0 Å². The Labute approximate surface area is 157 Å². The van der Waals surface area contributed by atoms with E-state index in [1.807, 2.05) is 13.1 Å². The highest BCUT2D eigenvalue weighted by molar-refractivity contribution is 7.22. The summed E-state index contributed by atoms with van der Waals surface area (Å²) < 4.78 is 0.